The van der Waals surface area contributed by atoms with Gasteiger partial charge in [0.05, 0.1) is 17.7 Å². The molecule has 5 nitrogen and oxygen atoms in total. The number of para-hydroxylation sites is 1. The summed E-state index contributed by atoms with van der Waals surface area (Å²) in [5.74, 6) is 0.248. The van der Waals surface area contributed by atoms with Crippen molar-refractivity contribution < 1.29 is 13.9 Å². The van der Waals surface area contributed by atoms with E-state index in [1.165, 1.54) is 12.1 Å². The number of carbonyl (C=O) groups excluding carboxylic acids is 1. The van der Waals surface area contributed by atoms with Crippen molar-refractivity contribution in [3.63, 3.8) is 0 Å². The number of amides is 1. The SMILES string of the molecule is CCCCOc1ccccc1C1CC(C(=O)NCc2ccc(F)c(Cl)c2)NN1. The fourth-order valence-electron chi connectivity index (χ4n) is 3.12. The number of nitrogens with one attached hydrogen (secondary N) is 3. The quantitative estimate of drug-likeness (QED) is 0.583. The summed E-state index contributed by atoms with van der Waals surface area (Å²) in [5.41, 5.74) is 8.02. The van der Waals surface area contributed by atoms with E-state index in [9.17, 15) is 9.18 Å². The predicted molar refractivity (Wildman–Crippen MR) is 108 cm³/mol. The highest BCUT2D eigenvalue weighted by Crippen LogP contribution is 2.30. The maximum Gasteiger partial charge on any atom is 0.238 e. The van der Waals surface area contributed by atoms with E-state index in [4.69, 9.17) is 16.3 Å². The zero-order valence-electron chi connectivity index (χ0n) is 15.8. The summed E-state index contributed by atoms with van der Waals surface area (Å²) in [5, 5.41) is 2.91. The average molecular weight is 406 g/mol. The number of carbonyl (C=O) groups is 1. The minimum atomic E-state index is -0.471. The Hall–Kier alpha value is -2.15. The molecule has 2 aromatic rings. The van der Waals surface area contributed by atoms with Crippen LogP contribution in [0.3, 0.4) is 0 Å². The van der Waals surface area contributed by atoms with Gasteiger partial charge in [-0.1, -0.05) is 49.2 Å². The Morgan fingerprint density at radius 1 is 1.29 bits per heavy atom. The largest absolute Gasteiger partial charge is 0.493 e. The van der Waals surface area contributed by atoms with Crippen LogP contribution in [0.25, 0.3) is 0 Å². The Bertz CT molecular complexity index is 818. The second kappa shape index (κ2) is 9.87. The Kier molecular flexibility index (Phi) is 7.25. The Morgan fingerprint density at radius 3 is 2.89 bits per heavy atom. The van der Waals surface area contributed by atoms with Gasteiger partial charge in [-0.2, -0.15) is 0 Å². The molecule has 28 heavy (non-hydrogen) atoms. The molecular weight excluding hydrogens is 381 g/mol. The number of unbranched alkanes of at least 4 members (excludes halogenated alkanes) is 1. The van der Waals surface area contributed by atoms with Crippen molar-refractivity contribution in [3.8, 4) is 5.75 Å². The number of hydrazine groups is 1. The van der Waals surface area contributed by atoms with Crippen LogP contribution in [0.15, 0.2) is 42.5 Å². The standard InChI is InChI=1S/C21H25ClFN3O2/c1-2-3-10-28-20-7-5-4-6-15(20)18-12-19(26-25-18)21(27)24-13-14-8-9-17(23)16(22)11-14/h4-9,11,18-19,25-26H,2-3,10,12-13H2,1H3,(H,24,27). The third-order valence-electron chi connectivity index (χ3n) is 4.72. The number of halogens is 2. The van der Waals surface area contributed by atoms with Crippen LogP contribution in [0.1, 0.15) is 43.4 Å². The van der Waals surface area contributed by atoms with Crippen LogP contribution in [0.4, 0.5) is 4.39 Å². The van der Waals surface area contributed by atoms with E-state index in [1.54, 1.807) is 6.07 Å². The highest BCUT2D eigenvalue weighted by Gasteiger charge is 2.31. The third-order valence-corrected chi connectivity index (χ3v) is 5.01. The van der Waals surface area contributed by atoms with Crippen LogP contribution in [0.2, 0.25) is 5.02 Å². The molecule has 2 aromatic carbocycles. The van der Waals surface area contributed by atoms with Crippen molar-refractivity contribution in [1.82, 2.24) is 16.2 Å². The molecule has 0 radical (unpaired) electrons. The molecule has 0 aromatic heterocycles. The van der Waals surface area contributed by atoms with Crippen LogP contribution >= 0.6 is 11.6 Å². The van der Waals surface area contributed by atoms with Gasteiger partial charge < -0.3 is 10.1 Å². The molecule has 0 bridgehead atoms. The van der Waals surface area contributed by atoms with Crippen LogP contribution in [-0.2, 0) is 11.3 Å². The van der Waals surface area contributed by atoms with Crippen LogP contribution < -0.4 is 20.9 Å². The van der Waals surface area contributed by atoms with E-state index in [-0.39, 0.29) is 23.0 Å². The molecule has 1 aliphatic heterocycles. The van der Waals surface area contributed by atoms with Crippen molar-refractivity contribution in [3.05, 3.63) is 64.4 Å². The molecule has 0 saturated carbocycles. The molecule has 1 amide bonds. The first kappa shape index (κ1) is 20.6. The van der Waals surface area contributed by atoms with Gasteiger partial charge >= 0.3 is 0 Å². The van der Waals surface area contributed by atoms with Gasteiger partial charge in [0.1, 0.15) is 17.6 Å². The maximum absolute atomic E-state index is 13.2. The van der Waals surface area contributed by atoms with Gasteiger partial charge in [-0.05, 0) is 36.6 Å². The van der Waals surface area contributed by atoms with Crippen molar-refractivity contribution in [2.75, 3.05) is 6.61 Å². The normalized spacial score (nSPS) is 18.8. The summed E-state index contributed by atoms with van der Waals surface area (Å²) in [6.45, 7) is 3.09. The van der Waals surface area contributed by atoms with Crippen LogP contribution in [0, 0.1) is 5.82 Å². The summed E-state index contributed by atoms with van der Waals surface area (Å²) >= 11 is 5.78. The van der Waals surface area contributed by atoms with E-state index in [0.29, 0.717) is 19.6 Å². The molecule has 0 spiro atoms. The minimum Gasteiger partial charge on any atom is -0.493 e. The summed E-state index contributed by atoms with van der Waals surface area (Å²) in [4.78, 5) is 12.5. The third kappa shape index (κ3) is 5.22. The molecule has 2 unspecified atom stereocenters. The fraction of sp³-hybridized carbons (Fsp3) is 0.381. The monoisotopic (exact) mass is 405 g/mol. The molecule has 3 rings (SSSR count). The zero-order chi connectivity index (χ0) is 19.9. The first-order valence-electron chi connectivity index (χ1n) is 9.53. The molecule has 1 fully saturated rings. The molecule has 1 heterocycles. The molecule has 150 valence electrons. The number of benzene rings is 2. The Morgan fingerprint density at radius 2 is 2.11 bits per heavy atom. The Balaban J connectivity index is 1.56. The van der Waals surface area contributed by atoms with Gasteiger partial charge in [-0.25, -0.2) is 15.2 Å². The van der Waals surface area contributed by atoms with E-state index < -0.39 is 5.82 Å². The number of ether oxygens (including phenoxy) is 1. The van der Waals surface area contributed by atoms with Gasteiger partial charge in [0, 0.05) is 12.1 Å². The van der Waals surface area contributed by atoms with Gasteiger partial charge in [0.15, 0.2) is 0 Å². The zero-order valence-corrected chi connectivity index (χ0v) is 16.6. The van der Waals surface area contributed by atoms with Crippen molar-refractivity contribution in [2.45, 2.75) is 44.8 Å². The van der Waals surface area contributed by atoms with E-state index in [2.05, 4.69) is 23.1 Å². The predicted octanol–water partition coefficient (Wildman–Crippen LogP) is 3.88. The number of hydrogen-bond acceptors (Lipinski definition) is 4. The molecule has 1 aliphatic rings. The Labute approximate surface area is 169 Å². The van der Waals surface area contributed by atoms with Crippen molar-refractivity contribution in [2.24, 2.45) is 0 Å². The highest BCUT2D eigenvalue weighted by atomic mass is 35.5. The summed E-state index contributed by atoms with van der Waals surface area (Å²) in [7, 11) is 0. The van der Waals surface area contributed by atoms with Gasteiger partial charge in [0.2, 0.25) is 5.91 Å². The lowest BCUT2D eigenvalue weighted by Crippen LogP contribution is -2.42. The second-order valence-electron chi connectivity index (χ2n) is 6.84. The van der Waals surface area contributed by atoms with Crippen molar-refractivity contribution >= 4 is 17.5 Å². The summed E-state index contributed by atoms with van der Waals surface area (Å²) in [6.07, 6.45) is 2.68. The highest BCUT2D eigenvalue weighted by molar-refractivity contribution is 6.30. The topological polar surface area (TPSA) is 62.4 Å². The number of hydrogen-bond donors (Lipinski definition) is 3. The van der Waals surface area contributed by atoms with E-state index >= 15 is 0 Å². The van der Waals surface area contributed by atoms with E-state index in [1.807, 2.05) is 24.3 Å². The minimum absolute atomic E-state index is 0.0196. The molecule has 3 N–H and O–H groups in total. The lowest BCUT2D eigenvalue weighted by molar-refractivity contribution is -0.123. The average Bonchev–Trinajstić information content (AvgIpc) is 3.19. The van der Waals surface area contributed by atoms with Gasteiger partial charge in [0.25, 0.3) is 0 Å². The summed E-state index contributed by atoms with van der Waals surface area (Å²) in [6, 6.07) is 11.9. The molecule has 2 atom stereocenters. The smallest absolute Gasteiger partial charge is 0.238 e. The number of rotatable bonds is 8. The first-order chi connectivity index (χ1) is 13.6. The van der Waals surface area contributed by atoms with Crippen molar-refractivity contribution in [1.29, 1.82) is 0 Å². The molecule has 0 aliphatic carbocycles. The lowest BCUT2D eigenvalue weighted by Gasteiger charge is -2.16. The fourth-order valence-corrected chi connectivity index (χ4v) is 3.32. The van der Waals surface area contributed by atoms with E-state index in [0.717, 1.165) is 29.7 Å². The summed E-state index contributed by atoms with van der Waals surface area (Å²) < 4.78 is 19.1. The molecular formula is C21H25ClFN3O2. The molecule has 1 saturated heterocycles. The molecule has 7 heteroatoms. The lowest BCUT2D eigenvalue weighted by atomic mass is 10.0. The van der Waals surface area contributed by atoms with Crippen LogP contribution in [-0.4, -0.2) is 18.6 Å². The second-order valence-corrected chi connectivity index (χ2v) is 7.24. The van der Waals surface area contributed by atoms with Crippen LogP contribution in [0.5, 0.6) is 5.75 Å². The first-order valence-corrected chi connectivity index (χ1v) is 9.90. The maximum atomic E-state index is 13.2. The van der Waals surface area contributed by atoms with Gasteiger partial charge in [-0.15, -0.1) is 0 Å². The van der Waals surface area contributed by atoms with Gasteiger partial charge in [-0.3, -0.25) is 4.79 Å².